The Balaban J connectivity index is 2.34. The third-order valence-electron chi connectivity index (χ3n) is 2.68. The van der Waals surface area contributed by atoms with Crippen LogP contribution < -0.4 is 10.9 Å². The highest BCUT2D eigenvalue weighted by Gasteiger charge is 2.06. The average molecular weight is 247 g/mol. The zero-order valence-electron chi connectivity index (χ0n) is 10.6. The lowest BCUT2D eigenvalue weighted by Gasteiger charge is -2.09. The fourth-order valence-electron chi connectivity index (χ4n) is 1.86. The third-order valence-corrected chi connectivity index (χ3v) is 2.68. The highest BCUT2D eigenvalue weighted by Crippen LogP contribution is 2.21. The molecule has 0 aliphatic rings. The van der Waals surface area contributed by atoms with E-state index in [-0.39, 0.29) is 5.75 Å². The number of hydrogen-bond acceptors (Lipinski definition) is 4. The summed E-state index contributed by atoms with van der Waals surface area (Å²) in [5.41, 5.74) is 0.917. The number of fused-ring (bicyclic) bond motifs is 1. The van der Waals surface area contributed by atoms with Gasteiger partial charge in [0.05, 0.1) is 0 Å². The molecule has 4 heteroatoms. The van der Waals surface area contributed by atoms with E-state index in [1.807, 2.05) is 0 Å². The Morgan fingerprint density at radius 1 is 1.33 bits per heavy atom. The molecule has 0 saturated carbocycles. The molecule has 0 bridgehead atoms. The first kappa shape index (κ1) is 12.6. The van der Waals surface area contributed by atoms with Crippen molar-refractivity contribution in [2.24, 2.45) is 5.92 Å². The van der Waals surface area contributed by atoms with Crippen LogP contribution in [0.25, 0.3) is 11.0 Å². The van der Waals surface area contributed by atoms with Crippen molar-refractivity contribution in [2.75, 3.05) is 6.54 Å². The van der Waals surface area contributed by atoms with Crippen molar-refractivity contribution >= 4 is 11.0 Å². The fourth-order valence-corrected chi connectivity index (χ4v) is 1.86. The molecule has 2 N–H and O–H groups in total. The highest BCUT2D eigenvalue weighted by molar-refractivity contribution is 5.81. The van der Waals surface area contributed by atoms with Crippen molar-refractivity contribution in [3.8, 4) is 5.75 Å². The van der Waals surface area contributed by atoms with Gasteiger partial charge in [0.1, 0.15) is 11.3 Å². The summed E-state index contributed by atoms with van der Waals surface area (Å²) in [6.45, 7) is 5.76. The average Bonchev–Trinajstić information content (AvgIpc) is 2.27. The first-order valence-electron chi connectivity index (χ1n) is 6.02. The minimum atomic E-state index is -0.394. The standard InChI is InChI=1S/C14H17NO3/c1-9(2)7-15-8-10-5-14(17)18-13-6-11(16)3-4-12(10)13/h3-6,9,15-16H,7-8H2,1-2H3. The first-order valence-corrected chi connectivity index (χ1v) is 6.02. The van der Waals surface area contributed by atoms with Gasteiger partial charge >= 0.3 is 5.63 Å². The first-order chi connectivity index (χ1) is 8.56. The quantitative estimate of drug-likeness (QED) is 0.813. The molecule has 4 nitrogen and oxygen atoms in total. The lowest BCUT2D eigenvalue weighted by atomic mass is 10.1. The lowest BCUT2D eigenvalue weighted by molar-refractivity contribution is 0.473. The van der Waals surface area contributed by atoms with E-state index < -0.39 is 5.63 Å². The highest BCUT2D eigenvalue weighted by atomic mass is 16.4. The maximum Gasteiger partial charge on any atom is 0.336 e. The number of hydrogen-bond donors (Lipinski definition) is 2. The summed E-state index contributed by atoms with van der Waals surface area (Å²) in [6.07, 6.45) is 0. The molecule has 0 aliphatic carbocycles. The molecule has 0 unspecified atom stereocenters. The van der Waals surface area contributed by atoms with Gasteiger partial charge in [-0.2, -0.15) is 0 Å². The van der Waals surface area contributed by atoms with Crippen molar-refractivity contribution in [2.45, 2.75) is 20.4 Å². The molecule has 0 spiro atoms. The van der Waals surface area contributed by atoms with Gasteiger partial charge in [0.2, 0.25) is 0 Å². The minimum Gasteiger partial charge on any atom is -0.508 e. The van der Waals surface area contributed by atoms with Crippen molar-refractivity contribution in [3.63, 3.8) is 0 Å². The maximum absolute atomic E-state index is 11.4. The van der Waals surface area contributed by atoms with Gasteiger partial charge in [-0.05, 0) is 30.2 Å². The Bertz CT molecular complexity index is 602. The molecule has 0 atom stereocenters. The molecule has 0 saturated heterocycles. The molecule has 0 radical (unpaired) electrons. The Labute approximate surface area is 105 Å². The molecule has 1 heterocycles. The summed E-state index contributed by atoms with van der Waals surface area (Å²) in [7, 11) is 0. The SMILES string of the molecule is CC(C)CNCc1cc(=O)oc2cc(O)ccc12. The smallest absolute Gasteiger partial charge is 0.336 e. The van der Waals surface area contributed by atoms with E-state index in [0.717, 1.165) is 17.5 Å². The number of nitrogens with one attached hydrogen (secondary N) is 1. The molecule has 18 heavy (non-hydrogen) atoms. The van der Waals surface area contributed by atoms with Gasteiger partial charge < -0.3 is 14.8 Å². The van der Waals surface area contributed by atoms with Crippen LogP contribution in [0, 0.1) is 5.92 Å². The molecule has 0 fully saturated rings. The molecule has 96 valence electrons. The third kappa shape index (κ3) is 2.90. The van der Waals surface area contributed by atoms with E-state index >= 15 is 0 Å². The van der Waals surface area contributed by atoms with Crippen LogP contribution in [-0.4, -0.2) is 11.7 Å². The number of rotatable bonds is 4. The Morgan fingerprint density at radius 3 is 2.83 bits per heavy atom. The Hall–Kier alpha value is -1.81. The second kappa shape index (κ2) is 5.23. The number of phenols is 1. The molecule has 2 aromatic rings. The van der Waals surface area contributed by atoms with Gasteiger partial charge in [0.15, 0.2) is 0 Å². The van der Waals surface area contributed by atoms with Crippen molar-refractivity contribution in [1.29, 1.82) is 0 Å². The van der Waals surface area contributed by atoms with E-state index in [2.05, 4.69) is 19.2 Å². The van der Waals surface area contributed by atoms with Gasteiger partial charge in [-0.25, -0.2) is 4.79 Å². The molecule has 0 aliphatic heterocycles. The molecular weight excluding hydrogens is 230 g/mol. The number of benzene rings is 1. The van der Waals surface area contributed by atoms with Crippen LogP contribution in [0.5, 0.6) is 5.75 Å². The van der Waals surface area contributed by atoms with Gasteiger partial charge in [-0.1, -0.05) is 13.8 Å². The fraction of sp³-hybridized carbons (Fsp3) is 0.357. The largest absolute Gasteiger partial charge is 0.508 e. The summed E-state index contributed by atoms with van der Waals surface area (Å²) in [4.78, 5) is 11.4. The molecular formula is C14H17NO3. The molecule has 0 amide bonds. The van der Waals surface area contributed by atoms with Crippen molar-refractivity contribution in [3.05, 3.63) is 40.2 Å². The van der Waals surface area contributed by atoms with Gasteiger partial charge in [-0.15, -0.1) is 0 Å². The summed E-state index contributed by atoms with van der Waals surface area (Å²) >= 11 is 0. The second-order valence-corrected chi connectivity index (χ2v) is 4.80. The topological polar surface area (TPSA) is 62.5 Å². The van der Waals surface area contributed by atoms with Gasteiger partial charge in [0.25, 0.3) is 0 Å². The Kier molecular flexibility index (Phi) is 3.67. The minimum absolute atomic E-state index is 0.0953. The summed E-state index contributed by atoms with van der Waals surface area (Å²) < 4.78 is 5.07. The van der Waals surface area contributed by atoms with Crippen LogP contribution in [0.15, 0.2) is 33.5 Å². The van der Waals surface area contributed by atoms with E-state index in [0.29, 0.717) is 18.0 Å². The van der Waals surface area contributed by atoms with Crippen LogP contribution in [0.1, 0.15) is 19.4 Å². The van der Waals surface area contributed by atoms with Crippen LogP contribution >= 0.6 is 0 Å². The predicted molar refractivity (Wildman–Crippen MR) is 70.7 cm³/mol. The molecule has 1 aromatic carbocycles. The van der Waals surface area contributed by atoms with Crippen LogP contribution in [-0.2, 0) is 6.54 Å². The van der Waals surface area contributed by atoms with E-state index in [1.54, 1.807) is 12.1 Å². The Morgan fingerprint density at radius 2 is 2.11 bits per heavy atom. The van der Waals surface area contributed by atoms with Gasteiger partial charge in [-0.3, -0.25) is 0 Å². The van der Waals surface area contributed by atoms with E-state index in [1.165, 1.54) is 12.1 Å². The lowest BCUT2D eigenvalue weighted by Crippen LogP contribution is -2.19. The van der Waals surface area contributed by atoms with E-state index in [4.69, 9.17) is 4.42 Å². The molecule has 2 rings (SSSR count). The maximum atomic E-state index is 11.4. The van der Waals surface area contributed by atoms with Crippen LogP contribution in [0.3, 0.4) is 0 Å². The van der Waals surface area contributed by atoms with Gasteiger partial charge in [0, 0.05) is 24.1 Å². The molecule has 1 aromatic heterocycles. The summed E-state index contributed by atoms with van der Waals surface area (Å²) in [6, 6.07) is 6.31. The van der Waals surface area contributed by atoms with Crippen LogP contribution in [0.4, 0.5) is 0 Å². The normalized spacial score (nSPS) is 11.3. The van der Waals surface area contributed by atoms with E-state index in [9.17, 15) is 9.90 Å². The zero-order chi connectivity index (χ0) is 13.1. The summed E-state index contributed by atoms with van der Waals surface area (Å²) in [5.74, 6) is 0.651. The second-order valence-electron chi connectivity index (χ2n) is 4.80. The number of aromatic hydroxyl groups is 1. The predicted octanol–water partition coefficient (Wildman–Crippen LogP) is 2.24. The zero-order valence-corrected chi connectivity index (χ0v) is 10.6. The van der Waals surface area contributed by atoms with Crippen molar-refractivity contribution in [1.82, 2.24) is 5.32 Å². The summed E-state index contributed by atoms with van der Waals surface area (Å²) in [5, 5.41) is 13.5. The number of phenolic OH excluding ortho intramolecular Hbond substituents is 1. The monoisotopic (exact) mass is 247 g/mol. The van der Waals surface area contributed by atoms with Crippen LogP contribution in [0.2, 0.25) is 0 Å². The van der Waals surface area contributed by atoms with Crippen molar-refractivity contribution < 1.29 is 9.52 Å².